The minimum atomic E-state index is 0.503. The minimum Gasteiger partial charge on any atom is -0.314 e. The average molecular weight is 292 g/mol. The summed E-state index contributed by atoms with van der Waals surface area (Å²) >= 11 is 1.94. The fraction of sp³-hybridized carbons (Fsp3) is 0.765. The fourth-order valence-electron chi connectivity index (χ4n) is 4.01. The summed E-state index contributed by atoms with van der Waals surface area (Å²) in [5, 5.41) is 7.70. The van der Waals surface area contributed by atoms with E-state index in [1.165, 1.54) is 54.8 Å². The van der Waals surface area contributed by atoms with Crippen LogP contribution in [0.25, 0.3) is 0 Å². The third kappa shape index (κ3) is 3.26. The molecule has 3 heteroatoms. The van der Waals surface area contributed by atoms with E-state index >= 15 is 0 Å². The van der Waals surface area contributed by atoms with Gasteiger partial charge >= 0.3 is 0 Å². The van der Waals surface area contributed by atoms with Gasteiger partial charge in [-0.25, -0.2) is 0 Å². The van der Waals surface area contributed by atoms with Gasteiger partial charge in [0.15, 0.2) is 0 Å². The van der Waals surface area contributed by atoms with Crippen molar-refractivity contribution in [3.8, 4) is 0 Å². The van der Waals surface area contributed by atoms with Gasteiger partial charge in [-0.1, -0.05) is 12.8 Å². The van der Waals surface area contributed by atoms with Gasteiger partial charge in [0.2, 0.25) is 0 Å². The number of thiophene rings is 1. The molecule has 0 aromatic carbocycles. The van der Waals surface area contributed by atoms with E-state index in [2.05, 4.69) is 36.6 Å². The molecule has 112 valence electrons. The van der Waals surface area contributed by atoms with E-state index < -0.39 is 0 Å². The Bertz CT molecular complexity index is 422. The third-order valence-electron chi connectivity index (χ3n) is 5.09. The first-order chi connectivity index (χ1) is 9.74. The molecular formula is C17H28N2S. The number of aryl methyl sites for hydroxylation is 1. The lowest BCUT2D eigenvalue weighted by molar-refractivity contribution is 0.249. The maximum absolute atomic E-state index is 3.93. The average Bonchev–Trinajstić information content (AvgIpc) is 3.09. The monoisotopic (exact) mass is 292 g/mol. The van der Waals surface area contributed by atoms with Crippen molar-refractivity contribution >= 4 is 11.3 Å². The molecule has 0 bridgehead atoms. The zero-order valence-corrected chi connectivity index (χ0v) is 13.6. The van der Waals surface area contributed by atoms with Gasteiger partial charge in [0.05, 0.1) is 0 Å². The molecule has 1 saturated heterocycles. The zero-order valence-electron chi connectivity index (χ0n) is 12.8. The molecule has 2 fully saturated rings. The maximum atomic E-state index is 3.93. The quantitative estimate of drug-likeness (QED) is 0.876. The SMILES string of the molecule is Cc1ccc(C(C)NC2CCCC2C2CCCCN2)s1. The maximum Gasteiger partial charge on any atom is 0.0388 e. The molecule has 1 aromatic rings. The van der Waals surface area contributed by atoms with Crippen LogP contribution >= 0.6 is 11.3 Å². The fourth-order valence-corrected chi connectivity index (χ4v) is 4.90. The van der Waals surface area contributed by atoms with Gasteiger partial charge in [0, 0.05) is 27.9 Å². The van der Waals surface area contributed by atoms with Gasteiger partial charge in [-0.2, -0.15) is 0 Å². The second-order valence-electron chi connectivity index (χ2n) is 6.59. The van der Waals surface area contributed by atoms with Crippen LogP contribution in [0.1, 0.15) is 61.2 Å². The Morgan fingerprint density at radius 3 is 2.80 bits per heavy atom. The molecule has 1 aromatic heterocycles. The van der Waals surface area contributed by atoms with Crippen LogP contribution in [-0.4, -0.2) is 18.6 Å². The Hall–Kier alpha value is -0.380. The van der Waals surface area contributed by atoms with Crippen LogP contribution in [0.15, 0.2) is 12.1 Å². The standard InChI is InChI=1S/C17H28N2S/c1-12-9-10-17(20-12)13(2)19-16-8-5-6-14(16)15-7-3-4-11-18-15/h9-10,13-16,18-19H,3-8,11H2,1-2H3. The summed E-state index contributed by atoms with van der Waals surface area (Å²) in [7, 11) is 0. The van der Waals surface area contributed by atoms with E-state index in [0.29, 0.717) is 12.1 Å². The van der Waals surface area contributed by atoms with E-state index in [0.717, 1.165) is 12.0 Å². The van der Waals surface area contributed by atoms with Crippen LogP contribution in [0.2, 0.25) is 0 Å². The Morgan fingerprint density at radius 1 is 1.20 bits per heavy atom. The van der Waals surface area contributed by atoms with Crippen LogP contribution in [0.5, 0.6) is 0 Å². The highest BCUT2D eigenvalue weighted by molar-refractivity contribution is 7.12. The van der Waals surface area contributed by atoms with Gasteiger partial charge in [-0.05, 0) is 64.1 Å². The van der Waals surface area contributed by atoms with Gasteiger partial charge < -0.3 is 10.6 Å². The van der Waals surface area contributed by atoms with Crippen LogP contribution in [-0.2, 0) is 0 Å². The number of rotatable bonds is 4. The number of hydrogen-bond acceptors (Lipinski definition) is 3. The summed E-state index contributed by atoms with van der Waals surface area (Å²) < 4.78 is 0. The van der Waals surface area contributed by atoms with Crippen molar-refractivity contribution in [3.05, 3.63) is 21.9 Å². The topological polar surface area (TPSA) is 24.1 Å². The second kappa shape index (κ2) is 6.59. The predicted octanol–water partition coefficient (Wildman–Crippen LogP) is 4.02. The van der Waals surface area contributed by atoms with E-state index in [4.69, 9.17) is 0 Å². The van der Waals surface area contributed by atoms with Crippen molar-refractivity contribution in [2.24, 2.45) is 5.92 Å². The zero-order chi connectivity index (χ0) is 13.9. The second-order valence-corrected chi connectivity index (χ2v) is 7.91. The van der Waals surface area contributed by atoms with E-state index in [1.54, 1.807) is 0 Å². The largest absolute Gasteiger partial charge is 0.314 e. The van der Waals surface area contributed by atoms with Crippen molar-refractivity contribution in [2.45, 2.75) is 70.5 Å². The molecular weight excluding hydrogens is 264 g/mol. The lowest BCUT2D eigenvalue weighted by Crippen LogP contribution is -2.47. The highest BCUT2D eigenvalue weighted by atomic mass is 32.1. The molecule has 0 amide bonds. The molecule has 2 aliphatic rings. The van der Waals surface area contributed by atoms with Gasteiger partial charge in [-0.15, -0.1) is 11.3 Å². The molecule has 2 N–H and O–H groups in total. The Kier molecular flexibility index (Phi) is 4.79. The van der Waals surface area contributed by atoms with E-state index in [1.807, 2.05) is 11.3 Å². The lowest BCUT2D eigenvalue weighted by atomic mass is 9.88. The smallest absolute Gasteiger partial charge is 0.0388 e. The first-order valence-corrected chi connectivity index (χ1v) is 9.11. The van der Waals surface area contributed by atoms with Gasteiger partial charge in [0.1, 0.15) is 0 Å². The molecule has 1 saturated carbocycles. The summed E-state index contributed by atoms with van der Waals surface area (Å²) in [6.07, 6.45) is 8.34. The van der Waals surface area contributed by atoms with Crippen LogP contribution in [0.4, 0.5) is 0 Å². The van der Waals surface area contributed by atoms with Crippen molar-refractivity contribution in [1.82, 2.24) is 10.6 Å². The van der Waals surface area contributed by atoms with Crippen LogP contribution in [0.3, 0.4) is 0 Å². The van der Waals surface area contributed by atoms with Gasteiger partial charge in [-0.3, -0.25) is 0 Å². The highest BCUT2D eigenvalue weighted by Crippen LogP contribution is 2.34. The summed E-state index contributed by atoms with van der Waals surface area (Å²) in [6.45, 7) is 5.76. The van der Waals surface area contributed by atoms with E-state index in [9.17, 15) is 0 Å². The summed E-state index contributed by atoms with van der Waals surface area (Å²) in [5.41, 5.74) is 0. The first kappa shape index (κ1) is 14.6. The molecule has 0 spiro atoms. The molecule has 4 atom stereocenters. The van der Waals surface area contributed by atoms with E-state index in [-0.39, 0.29) is 0 Å². The number of nitrogens with one attached hydrogen (secondary N) is 2. The van der Waals surface area contributed by atoms with Crippen molar-refractivity contribution < 1.29 is 0 Å². The third-order valence-corrected chi connectivity index (χ3v) is 6.27. The first-order valence-electron chi connectivity index (χ1n) is 8.30. The Balaban J connectivity index is 1.60. The Labute approximate surface area is 127 Å². The molecule has 1 aliphatic carbocycles. The number of hydrogen-bond donors (Lipinski definition) is 2. The predicted molar refractivity (Wildman–Crippen MR) is 87.4 cm³/mol. The van der Waals surface area contributed by atoms with Crippen LogP contribution < -0.4 is 10.6 Å². The minimum absolute atomic E-state index is 0.503. The van der Waals surface area contributed by atoms with Crippen LogP contribution in [0, 0.1) is 12.8 Å². The molecule has 20 heavy (non-hydrogen) atoms. The molecule has 4 unspecified atom stereocenters. The Morgan fingerprint density at radius 2 is 2.10 bits per heavy atom. The molecule has 3 rings (SSSR count). The normalized spacial score (nSPS) is 32.4. The summed E-state index contributed by atoms with van der Waals surface area (Å²) in [4.78, 5) is 2.91. The molecule has 2 heterocycles. The van der Waals surface area contributed by atoms with Crippen molar-refractivity contribution in [2.75, 3.05) is 6.54 Å². The highest BCUT2D eigenvalue weighted by Gasteiger charge is 2.34. The van der Waals surface area contributed by atoms with Gasteiger partial charge in [0.25, 0.3) is 0 Å². The molecule has 0 radical (unpaired) electrons. The van der Waals surface area contributed by atoms with Crippen molar-refractivity contribution in [3.63, 3.8) is 0 Å². The summed E-state index contributed by atoms with van der Waals surface area (Å²) in [6, 6.07) is 6.51. The number of piperidine rings is 1. The lowest BCUT2D eigenvalue weighted by Gasteiger charge is -2.34. The van der Waals surface area contributed by atoms with Crippen molar-refractivity contribution in [1.29, 1.82) is 0 Å². The summed E-state index contributed by atoms with van der Waals surface area (Å²) in [5.74, 6) is 0.846. The molecule has 1 aliphatic heterocycles. The molecule has 2 nitrogen and oxygen atoms in total.